The van der Waals surface area contributed by atoms with Crippen molar-refractivity contribution in [3.63, 3.8) is 0 Å². The summed E-state index contributed by atoms with van der Waals surface area (Å²) < 4.78 is 4.72. The summed E-state index contributed by atoms with van der Waals surface area (Å²) in [5.74, 6) is -1.92. The second kappa shape index (κ2) is 7.07. The van der Waals surface area contributed by atoms with Crippen LogP contribution < -0.4 is 10.5 Å². The fourth-order valence-corrected chi connectivity index (χ4v) is 0.811. The minimum absolute atomic E-state index is 0.0671. The summed E-state index contributed by atoms with van der Waals surface area (Å²) in [6.45, 7) is -0.278. The van der Waals surface area contributed by atoms with Gasteiger partial charge in [-0.15, -0.1) is 0 Å². The van der Waals surface area contributed by atoms with Gasteiger partial charge < -0.3 is 25.8 Å². The molecule has 0 aliphatic heterocycles. The average molecular weight is 243 g/mol. The van der Waals surface area contributed by atoms with Gasteiger partial charge in [-0.1, -0.05) is 0 Å². The lowest BCUT2D eigenvalue weighted by Gasteiger charge is -2.02. The van der Waals surface area contributed by atoms with Crippen molar-refractivity contribution in [2.24, 2.45) is 5.73 Å². The van der Waals surface area contributed by atoms with E-state index in [1.165, 1.54) is 25.3 Å². The topological polar surface area (TPSA) is 130 Å². The summed E-state index contributed by atoms with van der Waals surface area (Å²) in [5.41, 5.74) is 4.66. The van der Waals surface area contributed by atoms with E-state index in [4.69, 9.17) is 20.1 Å². The first-order chi connectivity index (χ1) is 7.92. The molecule has 94 valence electrons. The maximum atomic E-state index is 10.4. The van der Waals surface area contributed by atoms with Crippen LogP contribution in [0.3, 0.4) is 0 Å². The number of aromatic hydroxyl groups is 1. The molecule has 1 rings (SSSR count). The third-order valence-electron chi connectivity index (χ3n) is 1.60. The first-order valence-electron chi connectivity index (χ1n) is 4.44. The number of phenolic OH excluding ortho intramolecular Hbond substituents is 1. The van der Waals surface area contributed by atoms with E-state index in [0.29, 0.717) is 0 Å². The van der Waals surface area contributed by atoms with E-state index in [2.05, 4.69) is 5.73 Å². The predicted octanol–water partition coefficient (Wildman–Crippen LogP) is 0.129. The van der Waals surface area contributed by atoms with Gasteiger partial charge in [-0.25, -0.2) is 4.79 Å². The van der Waals surface area contributed by atoms with Crippen molar-refractivity contribution in [2.75, 3.05) is 13.7 Å². The van der Waals surface area contributed by atoms with E-state index in [9.17, 15) is 9.59 Å². The highest BCUT2D eigenvalue weighted by Gasteiger charge is 2.06. The van der Waals surface area contributed by atoms with Crippen molar-refractivity contribution >= 4 is 11.9 Å². The van der Waals surface area contributed by atoms with Crippen molar-refractivity contribution in [3.8, 4) is 11.5 Å². The van der Waals surface area contributed by atoms with Gasteiger partial charge in [0.15, 0.2) is 11.5 Å². The van der Waals surface area contributed by atoms with Crippen LogP contribution in [-0.2, 0) is 4.79 Å². The molecule has 0 unspecified atom stereocenters. The van der Waals surface area contributed by atoms with Gasteiger partial charge in [0, 0.05) is 0 Å². The molecule has 5 N–H and O–H groups in total. The fourth-order valence-electron chi connectivity index (χ4n) is 0.811. The second-order valence-electron chi connectivity index (χ2n) is 2.79. The predicted molar refractivity (Wildman–Crippen MR) is 58.3 cm³/mol. The van der Waals surface area contributed by atoms with Gasteiger partial charge >= 0.3 is 11.9 Å². The van der Waals surface area contributed by atoms with Gasteiger partial charge in [0.05, 0.1) is 19.2 Å². The number of phenols is 1. The van der Waals surface area contributed by atoms with Crippen LogP contribution in [0.1, 0.15) is 10.4 Å². The zero-order valence-corrected chi connectivity index (χ0v) is 9.08. The van der Waals surface area contributed by atoms with E-state index >= 15 is 0 Å². The zero-order valence-electron chi connectivity index (χ0n) is 9.08. The summed E-state index contributed by atoms with van der Waals surface area (Å²) in [5, 5.41) is 25.3. The lowest BCUT2D eigenvalue weighted by atomic mass is 10.2. The van der Waals surface area contributed by atoms with Crippen LogP contribution in [0.2, 0.25) is 0 Å². The Morgan fingerprint density at radius 3 is 2.24 bits per heavy atom. The van der Waals surface area contributed by atoms with Crippen LogP contribution in [0, 0.1) is 0 Å². The SMILES string of the molecule is COc1cc(C(=O)O)ccc1O.NCC(=O)O. The lowest BCUT2D eigenvalue weighted by molar-refractivity contribution is -0.135. The quantitative estimate of drug-likeness (QED) is 0.593. The summed E-state index contributed by atoms with van der Waals surface area (Å²) >= 11 is 0. The molecular weight excluding hydrogens is 230 g/mol. The third kappa shape index (κ3) is 5.38. The van der Waals surface area contributed by atoms with Gasteiger partial charge in [0.25, 0.3) is 0 Å². The number of rotatable bonds is 3. The van der Waals surface area contributed by atoms with Gasteiger partial charge in [-0.05, 0) is 18.2 Å². The molecule has 0 bridgehead atoms. The van der Waals surface area contributed by atoms with E-state index in [1.807, 2.05) is 0 Å². The van der Waals surface area contributed by atoms with Crippen LogP contribution >= 0.6 is 0 Å². The first kappa shape index (κ1) is 14.7. The Morgan fingerprint density at radius 1 is 1.35 bits per heavy atom. The molecule has 0 aliphatic carbocycles. The molecule has 0 heterocycles. The Kier molecular flexibility index (Phi) is 6.12. The summed E-state index contributed by atoms with van der Waals surface area (Å²) in [7, 11) is 1.36. The number of benzene rings is 1. The molecule has 7 nitrogen and oxygen atoms in total. The molecule has 0 fully saturated rings. The molecular formula is C10H13NO6. The largest absolute Gasteiger partial charge is 0.504 e. The molecule has 1 aromatic carbocycles. The maximum absolute atomic E-state index is 10.4. The Morgan fingerprint density at radius 2 is 1.88 bits per heavy atom. The molecule has 0 saturated heterocycles. The van der Waals surface area contributed by atoms with Crippen LogP contribution in [-0.4, -0.2) is 40.9 Å². The number of hydrogen-bond donors (Lipinski definition) is 4. The maximum Gasteiger partial charge on any atom is 0.335 e. The highest BCUT2D eigenvalue weighted by atomic mass is 16.5. The van der Waals surface area contributed by atoms with Crippen molar-refractivity contribution in [1.82, 2.24) is 0 Å². The number of carbonyl (C=O) groups is 2. The molecule has 1 aromatic rings. The Labute approximate surface area is 97.1 Å². The van der Waals surface area contributed by atoms with Crippen LogP contribution in [0.5, 0.6) is 11.5 Å². The Hall–Kier alpha value is -2.28. The summed E-state index contributed by atoms with van der Waals surface area (Å²) in [6.07, 6.45) is 0. The summed E-state index contributed by atoms with van der Waals surface area (Å²) in [6, 6.07) is 3.85. The molecule has 0 aliphatic rings. The molecule has 17 heavy (non-hydrogen) atoms. The standard InChI is InChI=1S/C8H8O4.C2H5NO2/c1-12-7-4-5(8(10)11)2-3-6(7)9;3-1-2(4)5/h2-4,9H,1H3,(H,10,11);1,3H2,(H,4,5). The van der Waals surface area contributed by atoms with E-state index in [-0.39, 0.29) is 23.6 Å². The van der Waals surface area contributed by atoms with Crippen molar-refractivity contribution in [3.05, 3.63) is 23.8 Å². The molecule has 0 atom stereocenters. The normalized spacial score (nSPS) is 8.82. The number of aromatic carboxylic acids is 1. The number of nitrogens with two attached hydrogens (primary N) is 1. The third-order valence-corrected chi connectivity index (χ3v) is 1.60. The minimum atomic E-state index is -1.05. The van der Waals surface area contributed by atoms with Crippen LogP contribution in [0.15, 0.2) is 18.2 Å². The van der Waals surface area contributed by atoms with E-state index < -0.39 is 11.9 Å². The Bertz CT molecular complexity index is 404. The van der Waals surface area contributed by atoms with Crippen molar-refractivity contribution in [2.45, 2.75) is 0 Å². The monoisotopic (exact) mass is 243 g/mol. The fraction of sp³-hybridized carbons (Fsp3) is 0.200. The first-order valence-corrected chi connectivity index (χ1v) is 4.44. The lowest BCUT2D eigenvalue weighted by Crippen LogP contribution is -2.10. The zero-order chi connectivity index (χ0) is 13.4. The smallest absolute Gasteiger partial charge is 0.335 e. The minimum Gasteiger partial charge on any atom is -0.504 e. The average Bonchev–Trinajstić information content (AvgIpc) is 2.30. The highest BCUT2D eigenvalue weighted by Crippen LogP contribution is 2.25. The van der Waals surface area contributed by atoms with Gasteiger partial charge in [0.2, 0.25) is 0 Å². The Balaban J connectivity index is 0.000000437. The molecule has 0 spiro atoms. The number of carboxylic acids is 2. The van der Waals surface area contributed by atoms with Crippen molar-refractivity contribution < 1.29 is 29.6 Å². The summed E-state index contributed by atoms with van der Waals surface area (Å²) in [4.78, 5) is 19.7. The van der Waals surface area contributed by atoms with Crippen molar-refractivity contribution in [1.29, 1.82) is 0 Å². The highest BCUT2D eigenvalue weighted by molar-refractivity contribution is 5.88. The van der Waals surface area contributed by atoms with Crippen LogP contribution in [0.4, 0.5) is 0 Å². The number of ether oxygens (including phenoxy) is 1. The molecule has 0 radical (unpaired) electrons. The number of aliphatic carboxylic acids is 1. The number of carboxylic acid groups (broad SMARTS) is 2. The molecule has 7 heteroatoms. The van der Waals surface area contributed by atoms with Gasteiger partial charge in [-0.2, -0.15) is 0 Å². The molecule has 0 saturated carbocycles. The molecule has 0 aromatic heterocycles. The van der Waals surface area contributed by atoms with E-state index in [1.54, 1.807) is 0 Å². The van der Waals surface area contributed by atoms with Crippen LogP contribution in [0.25, 0.3) is 0 Å². The number of methoxy groups -OCH3 is 1. The second-order valence-corrected chi connectivity index (χ2v) is 2.79. The molecule has 0 amide bonds. The number of hydrogen-bond acceptors (Lipinski definition) is 5. The van der Waals surface area contributed by atoms with E-state index in [0.717, 1.165) is 0 Å². The van der Waals surface area contributed by atoms with Gasteiger partial charge in [0.1, 0.15) is 0 Å². The van der Waals surface area contributed by atoms with Gasteiger partial charge in [-0.3, -0.25) is 4.79 Å².